The van der Waals surface area contributed by atoms with Crippen LogP contribution in [0.5, 0.6) is 0 Å². The predicted molar refractivity (Wildman–Crippen MR) is 64.4 cm³/mol. The molecule has 2 aromatic rings. The molecule has 0 aliphatic rings. The summed E-state index contributed by atoms with van der Waals surface area (Å²) in [4.78, 5) is 3.83. The second-order valence-electron chi connectivity index (χ2n) is 4.43. The Morgan fingerprint density at radius 1 is 1.15 bits per heavy atom. The molecule has 106 valence electrons. The zero-order chi connectivity index (χ0) is 14.9. The van der Waals surface area contributed by atoms with E-state index in [4.69, 9.17) is 0 Å². The summed E-state index contributed by atoms with van der Waals surface area (Å²) >= 11 is 0. The van der Waals surface area contributed by atoms with Gasteiger partial charge in [0.1, 0.15) is 11.9 Å². The second kappa shape index (κ2) is 5.20. The van der Waals surface area contributed by atoms with E-state index in [2.05, 4.69) is 4.98 Å². The predicted octanol–water partition coefficient (Wildman–Crippen LogP) is 3.63. The Bertz CT molecular complexity index is 625. The van der Waals surface area contributed by atoms with E-state index < -0.39 is 29.2 Å². The lowest BCUT2D eigenvalue weighted by Gasteiger charge is -2.15. The Morgan fingerprint density at radius 2 is 1.85 bits per heavy atom. The third kappa shape index (κ3) is 2.96. The van der Waals surface area contributed by atoms with Gasteiger partial charge in [-0.25, -0.2) is 4.39 Å². The van der Waals surface area contributed by atoms with Gasteiger partial charge in [0.25, 0.3) is 0 Å². The first-order valence-electron chi connectivity index (χ1n) is 5.75. The van der Waals surface area contributed by atoms with Gasteiger partial charge in [-0.3, -0.25) is 4.98 Å². The first kappa shape index (κ1) is 14.5. The zero-order valence-corrected chi connectivity index (χ0v) is 10.4. The molecule has 0 amide bonds. The van der Waals surface area contributed by atoms with Gasteiger partial charge in [-0.15, -0.1) is 0 Å². The number of halogens is 4. The third-order valence-electron chi connectivity index (χ3n) is 2.83. The summed E-state index contributed by atoms with van der Waals surface area (Å²) in [6.45, 7) is 1.71. The highest BCUT2D eigenvalue weighted by Crippen LogP contribution is 2.33. The van der Waals surface area contributed by atoms with Crippen LogP contribution >= 0.6 is 0 Å². The van der Waals surface area contributed by atoms with Crippen LogP contribution in [0.1, 0.15) is 28.4 Å². The SMILES string of the molecule is Cc1cncc(C(O)c2cc(C(F)(F)F)ccc2F)c1. The van der Waals surface area contributed by atoms with Gasteiger partial charge in [0.15, 0.2) is 0 Å². The van der Waals surface area contributed by atoms with Crippen molar-refractivity contribution in [3.63, 3.8) is 0 Å². The number of alkyl halides is 3. The summed E-state index contributed by atoms with van der Waals surface area (Å²) in [5.41, 5.74) is -0.474. The molecule has 0 spiro atoms. The van der Waals surface area contributed by atoms with E-state index >= 15 is 0 Å². The summed E-state index contributed by atoms with van der Waals surface area (Å²) in [6, 6.07) is 3.49. The summed E-state index contributed by atoms with van der Waals surface area (Å²) in [5, 5.41) is 10.0. The lowest BCUT2D eigenvalue weighted by molar-refractivity contribution is -0.137. The lowest BCUT2D eigenvalue weighted by Crippen LogP contribution is -2.09. The maximum Gasteiger partial charge on any atom is 0.416 e. The largest absolute Gasteiger partial charge is 0.416 e. The Morgan fingerprint density at radius 3 is 2.45 bits per heavy atom. The highest BCUT2D eigenvalue weighted by Gasteiger charge is 2.32. The number of hydrogen-bond acceptors (Lipinski definition) is 2. The van der Waals surface area contributed by atoms with Crippen molar-refractivity contribution < 1.29 is 22.7 Å². The number of rotatable bonds is 2. The summed E-state index contributed by atoms with van der Waals surface area (Å²) in [6.07, 6.45) is -3.27. The Kier molecular flexibility index (Phi) is 3.76. The average molecular weight is 285 g/mol. The number of hydrogen-bond donors (Lipinski definition) is 1. The van der Waals surface area contributed by atoms with Gasteiger partial charge < -0.3 is 5.11 Å². The number of benzene rings is 1. The Labute approximate surface area is 112 Å². The molecule has 1 atom stereocenters. The van der Waals surface area contributed by atoms with Gasteiger partial charge in [-0.05, 0) is 30.7 Å². The average Bonchev–Trinajstić information content (AvgIpc) is 2.37. The molecule has 2 rings (SSSR count). The van der Waals surface area contributed by atoms with E-state index in [1.165, 1.54) is 18.5 Å². The van der Waals surface area contributed by atoms with Crippen molar-refractivity contribution >= 4 is 0 Å². The first-order chi connectivity index (χ1) is 9.29. The maximum absolute atomic E-state index is 13.6. The van der Waals surface area contributed by atoms with Crippen molar-refractivity contribution in [2.75, 3.05) is 0 Å². The van der Waals surface area contributed by atoms with Gasteiger partial charge in [-0.2, -0.15) is 13.2 Å². The van der Waals surface area contributed by atoms with Crippen molar-refractivity contribution in [2.24, 2.45) is 0 Å². The molecule has 0 aliphatic heterocycles. The number of aryl methyl sites for hydroxylation is 1. The molecule has 1 aromatic carbocycles. The number of aliphatic hydroxyl groups excluding tert-OH is 1. The molecule has 20 heavy (non-hydrogen) atoms. The molecule has 0 fully saturated rings. The molecule has 1 aromatic heterocycles. The van der Waals surface area contributed by atoms with Crippen LogP contribution in [0.2, 0.25) is 0 Å². The number of pyridine rings is 1. The van der Waals surface area contributed by atoms with E-state index in [0.717, 1.165) is 0 Å². The summed E-state index contributed by atoms with van der Waals surface area (Å²) in [7, 11) is 0. The minimum Gasteiger partial charge on any atom is -0.383 e. The lowest BCUT2D eigenvalue weighted by atomic mass is 9.99. The van der Waals surface area contributed by atoms with Crippen LogP contribution in [0, 0.1) is 12.7 Å². The van der Waals surface area contributed by atoms with E-state index in [1.54, 1.807) is 6.92 Å². The molecule has 0 saturated carbocycles. The van der Waals surface area contributed by atoms with Crippen LogP contribution in [0.3, 0.4) is 0 Å². The van der Waals surface area contributed by atoms with Gasteiger partial charge >= 0.3 is 6.18 Å². The fourth-order valence-electron chi connectivity index (χ4n) is 1.84. The van der Waals surface area contributed by atoms with Crippen LogP contribution in [-0.4, -0.2) is 10.1 Å². The van der Waals surface area contributed by atoms with Crippen LogP contribution < -0.4 is 0 Å². The highest BCUT2D eigenvalue weighted by atomic mass is 19.4. The van der Waals surface area contributed by atoms with E-state index in [1.807, 2.05) is 0 Å². The number of nitrogens with zero attached hydrogens (tertiary/aromatic N) is 1. The molecular formula is C14H11F4NO. The smallest absolute Gasteiger partial charge is 0.383 e. The number of aliphatic hydroxyl groups is 1. The summed E-state index contributed by atoms with van der Waals surface area (Å²) < 4.78 is 51.5. The van der Waals surface area contributed by atoms with E-state index in [9.17, 15) is 22.7 Å². The van der Waals surface area contributed by atoms with Crippen LogP contribution in [0.25, 0.3) is 0 Å². The minimum atomic E-state index is -4.59. The molecule has 0 aliphatic carbocycles. The molecule has 6 heteroatoms. The quantitative estimate of drug-likeness (QED) is 0.855. The van der Waals surface area contributed by atoms with Crippen molar-refractivity contribution in [1.82, 2.24) is 4.98 Å². The third-order valence-corrected chi connectivity index (χ3v) is 2.83. The Balaban J connectivity index is 2.46. The standard InChI is InChI=1S/C14H11F4NO/c1-8-4-9(7-19-6-8)13(20)11-5-10(14(16,17)18)2-3-12(11)15/h2-7,13,20H,1H3. The molecule has 0 radical (unpaired) electrons. The number of aromatic nitrogens is 1. The van der Waals surface area contributed by atoms with Gasteiger partial charge in [-0.1, -0.05) is 6.07 Å². The molecular weight excluding hydrogens is 274 g/mol. The van der Waals surface area contributed by atoms with E-state index in [-0.39, 0.29) is 5.56 Å². The molecule has 1 N–H and O–H groups in total. The highest BCUT2D eigenvalue weighted by molar-refractivity contribution is 5.34. The molecule has 2 nitrogen and oxygen atoms in total. The monoisotopic (exact) mass is 285 g/mol. The Hall–Kier alpha value is -1.95. The molecule has 1 heterocycles. The van der Waals surface area contributed by atoms with Crippen molar-refractivity contribution in [3.8, 4) is 0 Å². The van der Waals surface area contributed by atoms with Crippen LogP contribution in [0.15, 0.2) is 36.7 Å². The first-order valence-corrected chi connectivity index (χ1v) is 5.75. The second-order valence-corrected chi connectivity index (χ2v) is 4.43. The normalized spacial score (nSPS) is 13.3. The van der Waals surface area contributed by atoms with E-state index in [0.29, 0.717) is 23.8 Å². The van der Waals surface area contributed by atoms with Gasteiger partial charge in [0, 0.05) is 23.5 Å². The molecule has 0 bridgehead atoms. The van der Waals surface area contributed by atoms with Gasteiger partial charge in [0.05, 0.1) is 5.56 Å². The fraction of sp³-hybridized carbons (Fsp3) is 0.214. The zero-order valence-electron chi connectivity index (χ0n) is 10.4. The fourth-order valence-corrected chi connectivity index (χ4v) is 1.84. The van der Waals surface area contributed by atoms with Crippen molar-refractivity contribution in [2.45, 2.75) is 19.2 Å². The van der Waals surface area contributed by atoms with Crippen molar-refractivity contribution in [1.29, 1.82) is 0 Å². The molecule has 0 saturated heterocycles. The van der Waals surface area contributed by atoms with Gasteiger partial charge in [0.2, 0.25) is 0 Å². The minimum absolute atomic E-state index is 0.239. The van der Waals surface area contributed by atoms with Crippen molar-refractivity contribution in [3.05, 3.63) is 64.7 Å². The van der Waals surface area contributed by atoms with Crippen LogP contribution in [-0.2, 0) is 6.18 Å². The van der Waals surface area contributed by atoms with Crippen LogP contribution in [0.4, 0.5) is 17.6 Å². The molecule has 1 unspecified atom stereocenters. The summed E-state index contributed by atoms with van der Waals surface area (Å²) in [5.74, 6) is -0.896. The maximum atomic E-state index is 13.6. The topological polar surface area (TPSA) is 33.1 Å².